The van der Waals surface area contributed by atoms with E-state index in [-0.39, 0.29) is 11.3 Å². The number of nitrogens with two attached hydrogens (primary N) is 1. The van der Waals surface area contributed by atoms with Gasteiger partial charge in [0, 0.05) is 4.40 Å². The Morgan fingerprint density at radius 3 is 2.79 bits per heavy atom. The number of fused-ring (bicyclic) bond motifs is 1. The van der Waals surface area contributed by atoms with Crippen molar-refractivity contribution in [3.8, 4) is 5.75 Å². The Morgan fingerprint density at radius 1 is 1.47 bits per heavy atom. The van der Waals surface area contributed by atoms with E-state index in [1.807, 2.05) is 0 Å². The molecule has 1 heterocycles. The first-order valence-electron chi connectivity index (χ1n) is 5.84. The van der Waals surface area contributed by atoms with Gasteiger partial charge in [0.15, 0.2) is 5.84 Å². The maximum absolute atomic E-state index is 11.5. The number of ether oxygens (including phenoxy) is 1. The van der Waals surface area contributed by atoms with Crippen LogP contribution in [0.3, 0.4) is 0 Å². The van der Waals surface area contributed by atoms with Gasteiger partial charge >= 0.3 is 10.6 Å². The summed E-state index contributed by atoms with van der Waals surface area (Å²) < 4.78 is 32.7. The van der Waals surface area contributed by atoms with Crippen LogP contribution in [0.4, 0.5) is 5.69 Å². The minimum absolute atomic E-state index is 0.00124. The number of nitrogens with one attached hydrogen (secondary N) is 1. The number of anilines is 1. The highest BCUT2D eigenvalue weighted by atomic mass is 32.3. The van der Waals surface area contributed by atoms with Crippen molar-refractivity contribution in [1.29, 1.82) is 0 Å². The summed E-state index contributed by atoms with van der Waals surface area (Å²) in [5, 5.41) is 0. The molecule has 0 aromatic heterocycles. The van der Waals surface area contributed by atoms with Crippen molar-refractivity contribution < 1.29 is 13.5 Å². The standard InChI is InChI=1S/C12H17N3O3S/c1-12(2,3)7-18-9-6-4-5-8-10(9)11(13)15-19(16,17)14-8/h4-6H,7H2,1-3H3,(H3-,13,14,15,16,17)/p+1. The average molecular weight is 284 g/mol. The van der Waals surface area contributed by atoms with Gasteiger partial charge in [0.25, 0.3) is 0 Å². The van der Waals surface area contributed by atoms with Gasteiger partial charge in [-0.15, -0.1) is 4.55 Å². The molecule has 0 radical (unpaired) electrons. The van der Waals surface area contributed by atoms with Crippen LogP contribution in [0.15, 0.2) is 22.6 Å². The zero-order valence-corrected chi connectivity index (χ0v) is 12.0. The number of amidine groups is 1. The zero-order valence-electron chi connectivity index (χ0n) is 11.1. The Balaban J connectivity index is 2.37. The van der Waals surface area contributed by atoms with Crippen molar-refractivity contribution in [3.05, 3.63) is 23.8 Å². The third-order valence-corrected chi connectivity index (χ3v) is 3.34. The third kappa shape index (κ3) is 3.24. The highest BCUT2D eigenvalue weighted by Gasteiger charge is 2.34. The average Bonchev–Trinajstić information content (AvgIpc) is 2.22. The van der Waals surface area contributed by atoms with Crippen LogP contribution < -0.4 is 15.2 Å². The van der Waals surface area contributed by atoms with Crippen LogP contribution in [0.5, 0.6) is 5.75 Å². The summed E-state index contributed by atoms with van der Waals surface area (Å²) in [5.41, 5.74) is 6.73. The molecule has 7 heteroatoms. The maximum atomic E-state index is 11.5. The number of benzene rings is 1. The van der Waals surface area contributed by atoms with Gasteiger partial charge in [0.05, 0.1) is 12.2 Å². The fourth-order valence-corrected chi connectivity index (χ4v) is 2.50. The lowest BCUT2D eigenvalue weighted by molar-refractivity contribution is 0.197. The normalized spacial score (nSPS) is 22.2. The molecule has 6 nitrogen and oxygen atoms in total. The molecule has 1 unspecified atom stereocenters. The summed E-state index contributed by atoms with van der Waals surface area (Å²) in [6, 6.07) is 5.16. The van der Waals surface area contributed by atoms with Crippen LogP contribution in [0.2, 0.25) is 0 Å². The number of nitrogens with zero attached hydrogens (tertiary/aromatic N) is 1. The Hall–Kier alpha value is -1.60. The Morgan fingerprint density at radius 2 is 2.16 bits per heavy atom. The van der Waals surface area contributed by atoms with Crippen molar-refractivity contribution in [2.24, 2.45) is 15.5 Å². The molecule has 4 N–H and O–H groups in total. The monoisotopic (exact) mass is 284 g/mol. The molecule has 0 saturated heterocycles. The van der Waals surface area contributed by atoms with Gasteiger partial charge in [-0.2, -0.15) is 4.72 Å². The van der Waals surface area contributed by atoms with E-state index in [4.69, 9.17) is 10.5 Å². The predicted molar refractivity (Wildman–Crippen MR) is 76.4 cm³/mol. The molecular formula is C12H18N3O3S+. The molecule has 1 aromatic carbocycles. The van der Waals surface area contributed by atoms with Gasteiger partial charge in [-0.05, 0) is 21.8 Å². The van der Waals surface area contributed by atoms with E-state index >= 15 is 0 Å². The summed E-state index contributed by atoms with van der Waals surface area (Å²) in [4.78, 5) is 0. The lowest BCUT2D eigenvalue weighted by Gasteiger charge is -2.22. The topological polar surface area (TPSA) is 96.9 Å². The first-order valence-corrected chi connectivity index (χ1v) is 7.31. The Labute approximate surface area is 113 Å². The number of hydrogen-bond acceptors (Lipinski definition) is 3. The Kier molecular flexibility index (Phi) is 3.27. The molecule has 0 spiro atoms. The zero-order chi connectivity index (χ0) is 14.3. The molecule has 1 aliphatic heterocycles. The second-order valence-corrected chi connectivity index (χ2v) is 6.98. The van der Waals surface area contributed by atoms with E-state index in [9.17, 15) is 8.76 Å². The highest BCUT2D eigenvalue weighted by Crippen LogP contribution is 2.32. The molecule has 0 saturated carbocycles. The van der Waals surface area contributed by atoms with Crippen molar-refractivity contribution >= 4 is 22.1 Å². The van der Waals surface area contributed by atoms with Crippen LogP contribution in [-0.4, -0.2) is 17.0 Å². The second kappa shape index (κ2) is 4.50. The van der Waals surface area contributed by atoms with Gasteiger partial charge in [0.2, 0.25) is 0 Å². The second-order valence-electron chi connectivity index (χ2n) is 5.60. The summed E-state index contributed by atoms with van der Waals surface area (Å²) in [7, 11) is -3.50. The molecular weight excluding hydrogens is 266 g/mol. The van der Waals surface area contributed by atoms with Gasteiger partial charge in [-0.25, -0.2) is 0 Å². The SMILES string of the molecule is CC(C)(C)COc1cccc2c1C(N)=N[S+](=O)(O)N2. The van der Waals surface area contributed by atoms with Gasteiger partial charge in [-0.1, -0.05) is 26.8 Å². The van der Waals surface area contributed by atoms with E-state index in [1.165, 1.54) is 0 Å². The van der Waals surface area contributed by atoms with Crippen LogP contribution in [0, 0.1) is 5.41 Å². The Bertz CT molecular complexity index is 578. The van der Waals surface area contributed by atoms with Crippen LogP contribution in [-0.2, 0) is 14.8 Å². The van der Waals surface area contributed by atoms with Gasteiger partial charge in [0.1, 0.15) is 11.4 Å². The van der Waals surface area contributed by atoms with Crippen molar-refractivity contribution in [1.82, 2.24) is 0 Å². The van der Waals surface area contributed by atoms with Gasteiger partial charge in [-0.3, -0.25) is 0 Å². The molecule has 104 valence electrons. The molecule has 0 bridgehead atoms. The van der Waals surface area contributed by atoms with E-state index in [1.54, 1.807) is 18.2 Å². The first-order chi connectivity index (χ1) is 8.68. The summed E-state index contributed by atoms with van der Waals surface area (Å²) in [6.07, 6.45) is 0. The molecule has 1 atom stereocenters. The van der Waals surface area contributed by atoms with E-state index in [2.05, 4.69) is 29.9 Å². The maximum Gasteiger partial charge on any atom is 0.444 e. The predicted octanol–water partition coefficient (Wildman–Crippen LogP) is 2.04. The lowest BCUT2D eigenvalue weighted by Crippen LogP contribution is -2.31. The largest absolute Gasteiger partial charge is 0.492 e. The minimum atomic E-state index is -3.50. The fourth-order valence-electron chi connectivity index (χ4n) is 1.64. The first kappa shape index (κ1) is 13.8. The molecule has 2 rings (SSSR count). The highest BCUT2D eigenvalue weighted by molar-refractivity contribution is 7.98. The van der Waals surface area contributed by atoms with E-state index in [0.29, 0.717) is 23.6 Å². The summed E-state index contributed by atoms with van der Waals surface area (Å²) in [6.45, 7) is 6.67. The molecule has 1 aliphatic rings. The smallest absolute Gasteiger partial charge is 0.444 e. The lowest BCUT2D eigenvalue weighted by atomic mass is 9.98. The van der Waals surface area contributed by atoms with Crippen molar-refractivity contribution in [2.45, 2.75) is 20.8 Å². The summed E-state index contributed by atoms with van der Waals surface area (Å²) >= 11 is 0. The van der Waals surface area contributed by atoms with E-state index in [0.717, 1.165) is 0 Å². The molecule has 0 amide bonds. The summed E-state index contributed by atoms with van der Waals surface area (Å²) in [5.74, 6) is 0.557. The third-order valence-electron chi connectivity index (χ3n) is 2.41. The number of hydrogen-bond donors (Lipinski definition) is 3. The quantitative estimate of drug-likeness (QED) is 0.724. The molecule has 19 heavy (non-hydrogen) atoms. The van der Waals surface area contributed by atoms with Crippen LogP contribution in [0.1, 0.15) is 26.3 Å². The van der Waals surface area contributed by atoms with E-state index < -0.39 is 10.6 Å². The van der Waals surface area contributed by atoms with Gasteiger partial charge < -0.3 is 10.5 Å². The molecule has 1 aromatic rings. The molecule has 0 aliphatic carbocycles. The van der Waals surface area contributed by atoms with Crippen molar-refractivity contribution in [3.63, 3.8) is 0 Å². The van der Waals surface area contributed by atoms with Crippen molar-refractivity contribution in [2.75, 3.05) is 11.3 Å². The fraction of sp³-hybridized carbons (Fsp3) is 0.417. The van der Waals surface area contributed by atoms with Crippen LogP contribution >= 0.6 is 0 Å². The number of rotatable bonds is 2. The van der Waals surface area contributed by atoms with Crippen LogP contribution in [0.25, 0.3) is 0 Å². The molecule has 0 fully saturated rings. The minimum Gasteiger partial charge on any atom is -0.492 e.